The van der Waals surface area contributed by atoms with Gasteiger partial charge in [0.15, 0.2) is 5.78 Å². The lowest BCUT2D eigenvalue weighted by Crippen LogP contribution is -2.52. The zero-order chi connectivity index (χ0) is 20.9. The second kappa shape index (κ2) is 7.53. The summed E-state index contributed by atoms with van der Waals surface area (Å²) >= 11 is 0. The summed E-state index contributed by atoms with van der Waals surface area (Å²) in [5, 5.41) is 0. The fraction of sp³-hybridized carbons (Fsp3) is 0.679. The average molecular weight is 407 g/mol. The molecule has 4 saturated carbocycles. The molecule has 2 nitrogen and oxygen atoms in total. The molecule has 6 atom stereocenters. The third-order valence-corrected chi connectivity index (χ3v) is 9.76. The van der Waals surface area contributed by atoms with Gasteiger partial charge < -0.3 is 4.74 Å². The van der Waals surface area contributed by atoms with Gasteiger partial charge in [-0.25, -0.2) is 0 Å². The van der Waals surface area contributed by atoms with Crippen molar-refractivity contribution in [1.82, 2.24) is 0 Å². The lowest BCUT2D eigenvalue weighted by Gasteiger charge is -2.59. The first-order valence-corrected chi connectivity index (χ1v) is 12.4. The van der Waals surface area contributed by atoms with Crippen LogP contribution in [0.3, 0.4) is 0 Å². The van der Waals surface area contributed by atoms with Crippen molar-refractivity contribution in [3.05, 3.63) is 35.4 Å². The zero-order valence-corrected chi connectivity index (χ0v) is 19.1. The van der Waals surface area contributed by atoms with Crippen LogP contribution in [0.15, 0.2) is 29.8 Å². The van der Waals surface area contributed by atoms with E-state index in [0.717, 1.165) is 47.5 Å². The number of ether oxygens (including phenoxy) is 1. The predicted molar refractivity (Wildman–Crippen MR) is 122 cm³/mol. The molecule has 4 aliphatic rings. The highest BCUT2D eigenvalue weighted by Gasteiger charge is 2.60. The Morgan fingerprint density at radius 1 is 1.00 bits per heavy atom. The van der Waals surface area contributed by atoms with Gasteiger partial charge in [-0.15, -0.1) is 0 Å². The van der Waals surface area contributed by atoms with Gasteiger partial charge in [-0.1, -0.05) is 38.8 Å². The Kier molecular flexibility index (Phi) is 5.11. The van der Waals surface area contributed by atoms with Crippen molar-refractivity contribution in [2.75, 3.05) is 6.61 Å². The molecular formula is C28H38O2. The minimum absolute atomic E-state index is 0.129. The Bertz CT molecular complexity index is 837. The third-order valence-electron chi connectivity index (χ3n) is 9.76. The van der Waals surface area contributed by atoms with Crippen molar-refractivity contribution in [3.8, 4) is 5.75 Å². The summed E-state index contributed by atoms with van der Waals surface area (Å²) in [7, 11) is 0. The number of hydrogen-bond acceptors (Lipinski definition) is 2. The van der Waals surface area contributed by atoms with Gasteiger partial charge in [0.25, 0.3) is 0 Å². The summed E-state index contributed by atoms with van der Waals surface area (Å²) < 4.78 is 5.57. The third kappa shape index (κ3) is 3.09. The van der Waals surface area contributed by atoms with Crippen LogP contribution >= 0.6 is 0 Å². The second-order valence-electron chi connectivity index (χ2n) is 11.1. The van der Waals surface area contributed by atoms with Crippen molar-refractivity contribution in [1.29, 1.82) is 0 Å². The first-order valence-electron chi connectivity index (χ1n) is 12.4. The molecule has 0 aromatic heterocycles. The lowest BCUT2D eigenvalue weighted by atomic mass is 9.45. The lowest BCUT2D eigenvalue weighted by molar-refractivity contribution is -0.137. The number of hydrogen-bond donors (Lipinski definition) is 0. The van der Waals surface area contributed by atoms with E-state index in [1.807, 2.05) is 19.1 Å². The highest BCUT2D eigenvalue weighted by molar-refractivity contribution is 6.05. The normalized spacial score (nSPS) is 41.8. The molecular weight excluding hydrogens is 368 g/mol. The maximum Gasteiger partial charge on any atom is 0.165 e. The standard InChI is InChI=1S/C28H38O2/c1-4-30-22-11-8-19(9-12-22)17-20-18-25-23-13-10-21-7-5-6-15-27(21,2)24(23)14-16-28(25,3)26(20)29/h8-9,11-12,17,21,23-25H,4-7,10,13-16,18H2,1-3H3/b20-17+/t21-,23-,24-,25-,27+,28+/m1/s1. The molecule has 1 aromatic carbocycles. The maximum atomic E-state index is 13.6. The van der Waals surface area contributed by atoms with Gasteiger partial charge >= 0.3 is 0 Å². The summed E-state index contributed by atoms with van der Waals surface area (Å²) in [6, 6.07) is 8.22. The molecule has 0 aliphatic heterocycles. The highest BCUT2D eigenvalue weighted by atomic mass is 16.5. The molecule has 0 bridgehead atoms. The number of benzene rings is 1. The van der Waals surface area contributed by atoms with Gasteiger partial charge in [0, 0.05) is 5.41 Å². The number of fused-ring (bicyclic) bond motifs is 5. The van der Waals surface area contributed by atoms with Gasteiger partial charge in [-0.05, 0) is 110 Å². The summed E-state index contributed by atoms with van der Waals surface area (Å²) in [4.78, 5) is 13.6. The summed E-state index contributed by atoms with van der Waals surface area (Å²) in [6.45, 7) is 7.60. The molecule has 30 heavy (non-hydrogen) atoms. The number of carbonyl (C=O) groups is 1. The molecule has 0 spiro atoms. The van der Waals surface area contributed by atoms with Gasteiger partial charge in [0.05, 0.1) is 6.61 Å². The Balaban J connectivity index is 1.41. The SMILES string of the molecule is CCOc1ccc(/C=C2\C[C@@H]3[C@@H]4CC[C@H]5CCCC[C@]5(C)[C@@H]4CC[C@]3(C)C2=O)cc1. The molecule has 162 valence electrons. The largest absolute Gasteiger partial charge is 0.494 e. The van der Waals surface area contributed by atoms with Crippen LogP contribution in [-0.2, 0) is 4.79 Å². The van der Waals surface area contributed by atoms with Crippen molar-refractivity contribution in [2.24, 2.45) is 34.5 Å². The van der Waals surface area contributed by atoms with Gasteiger partial charge in [0.1, 0.15) is 5.75 Å². The summed E-state index contributed by atoms with van der Waals surface area (Å²) in [6.07, 6.45) is 14.0. The molecule has 0 saturated heterocycles. The fourth-order valence-corrected chi connectivity index (χ4v) is 8.12. The van der Waals surface area contributed by atoms with E-state index >= 15 is 0 Å². The van der Waals surface area contributed by atoms with Gasteiger partial charge in [-0.3, -0.25) is 4.79 Å². The molecule has 5 rings (SSSR count). The van der Waals surface area contributed by atoms with E-state index in [1.54, 1.807) is 0 Å². The van der Waals surface area contributed by atoms with E-state index in [4.69, 9.17) is 4.74 Å². The molecule has 4 aliphatic carbocycles. The minimum Gasteiger partial charge on any atom is -0.494 e. The predicted octanol–water partition coefficient (Wildman–Crippen LogP) is 7.08. The summed E-state index contributed by atoms with van der Waals surface area (Å²) in [5.41, 5.74) is 2.61. The number of carbonyl (C=O) groups excluding carboxylic acids is 1. The first-order chi connectivity index (χ1) is 14.5. The Morgan fingerprint density at radius 3 is 2.57 bits per heavy atom. The van der Waals surface area contributed by atoms with E-state index in [9.17, 15) is 4.79 Å². The maximum absolute atomic E-state index is 13.6. The van der Waals surface area contributed by atoms with Crippen LogP contribution in [0.1, 0.15) is 84.1 Å². The molecule has 0 unspecified atom stereocenters. The van der Waals surface area contributed by atoms with Crippen LogP contribution in [0.5, 0.6) is 5.75 Å². The Hall–Kier alpha value is -1.57. The van der Waals surface area contributed by atoms with Crippen LogP contribution in [-0.4, -0.2) is 12.4 Å². The molecule has 0 heterocycles. The molecule has 0 amide bonds. The molecule has 2 heteroatoms. The second-order valence-corrected chi connectivity index (χ2v) is 11.1. The average Bonchev–Trinajstić information content (AvgIpc) is 3.00. The molecule has 0 N–H and O–H groups in total. The van der Waals surface area contributed by atoms with Crippen molar-refractivity contribution >= 4 is 11.9 Å². The van der Waals surface area contributed by atoms with E-state index in [0.29, 0.717) is 23.7 Å². The van der Waals surface area contributed by atoms with Crippen molar-refractivity contribution in [3.63, 3.8) is 0 Å². The van der Waals surface area contributed by atoms with Crippen LogP contribution in [0, 0.1) is 34.5 Å². The van der Waals surface area contributed by atoms with Crippen LogP contribution < -0.4 is 4.74 Å². The minimum atomic E-state index is -0.129. The number of allylic oxidation sites excluding steroid dienone is 1. The Labute approximate surface area is 182 Å². The van der Waals surface area contributed by atoms with E-state index in [-0.39, 0.29) is 5.41 Å². The van der Waals surface area contributed by atoms with Crippen molar-refractivity contribution in [2.45, 2.75) is 78.6 Å². The number of ketones is 1. The number of Topliss-reactive ketones (excluding diaryl/α,β-unsaturated/α-hetero) is 1. The summed E-state index contributed by atoms with van der Waals surface area (Å²) in [5.74, 6) is 4.42. The fourth-order valence-electron chi connectivity index (χ4n) is 8.12. The van der Waals surface area contributed by atoms with E-state index < -0.39 is 0 Å². The zero-order valence-electron chi connectivity index (χ0n) is 19.1. The van der Waals surface area contributed by atoms with Crippen molar-refractivity contribution < 1.29 is 9.53 Å². The monoisotopic (exact) mass is 406 g/mol. The quantitative estimate of drug-likeness (QED) is 0.501. The van der Waals surface area contributed by atoms with E-state index in [2.05, 4.69) is 32.1 Å². The molecule has 1 aromatic rings. The molecule has 0 radical (unpaired) electrons. The van der Waals surface area contributed by atoms with Gasteiger partial charge in [-0.2, -0.15) is 0 Å². The van der Waals surface area contributed by atoms with Crippen LogP contribution in [0.2, 0.25) is 0 Å². The smallest absolute Gasteiger partial charge is 0.165 e. The van der Waals surface area contributed by atoms with E-state index in [1.165, 1.54) is 44.9 Å². The highest BCUT2D eigenvalue weighted by Crippen LogP contribution is 2.66. The Morgan fingerprint density at radius 2 is 1.80 bits per heavy atom. The van der Waals surface area contributed by atoms with Crippen LogP contribution in [0.4, 0.5) is 0 Å². The van der Waals surface area contributed by atoms with Crippen LogP contribution in [0.25, 0.3) is 6.08 Å². The molecule has 4 fully saturated rings. The first kappa shape index (κ1) is 20.3. The number of rotatable bonds is 3. The topological polar surface area (TPSA) is 26.3 Å². The van der Waals surface area contributed by atoms with Gasteiger partial charge in [0.2, 0.25) is 0 Å².